The standard InChI is InChI=1S/C35H42N4O7/c1-45-26-15-13-23(14-16-26)21-37-35(44)31(40)27(19-25-11-7-17-36-32(25)41)38-33(42)28(18-22-8-3-2-4-9-22)39-34(43)30-20-24-10-5-6-12-29(24)46-30/h5-6,10,12-16,20,22,25,27-28H,2-4,7-9,11,17-19,21H2,1H3,(H,36,41)(H,37,44)(H,38,42)(H,39,43)/t25-,27-,28-/m0/s1. The number of benzene rings is 2. The van der Waals surface area contributed by atoms with E-state index in [-0.39, 0.29) is 30.6 Å². The van der Waals surface area contributed by atoms with E-state index in [1.165, 1.54) is 0 Å². The van der Waals surface area contributed by atoms with Gasteiger partial charge in [0.05, 0.1) is 13.2 Å². The molecule has 11 heteroatoms. The number of carbonyl (C=O) groups excluding carboxylic acids is 5. The molecule has 1 saturated heterocycles. The molecule has 1 aliphatic carbocycles. The van der Waals surface area contributed by atoms with Crippen molar-refractivity contribution in [3.8, 4) is 5.75 Å². The molecular weight excluding hydrogens is 588 g/mol. The highest BCUT2D eigenvalue weighted by molar-refractivity contribution is 6.38. The molecule has 3 atom stereocenters. The van der Waals surface area contributed by atoms with Gasteiger partial charge in [-0.15, -0.1) is 0 Å². The Morgan fingerprint density at radius 2 is 1.67 bits per heavy atom. The van der Waals surface area contributed by atoms with Crippen molar-refractivity contribution >= 4 is 40.4 Å². The third-order valence-corrected chi connectivity index (χ3v) is 8.95. The Morgan fingerprint density at radius 3 is 2.39 bits per heavy atom. The molecule has 244 valence electrons. The van der Waals surface area contributed by atoms with Gasteiger partial charge in [0, 0.05) is 24.4 Å². The summed E-state index contributed by atoms with van der Waals surface area (Å²) in [4.78, 5) is 66.5. The lowest BCUT2D eigenvalue weighted by atomic mass is 9.84. The Kier molecular flexibility index (Phi) is 11.1. The Bertz CT molecular complexity index is 1510. The van der Waals surface area contributed by atoms with Crippen LogP contribution in [0.25, 0.3) is 11.0 Å². The van der Waals surface area contributed by atoms with Crippen LogP contribution in [-0.2, 0) is 25.7 Å². The van der Waals surface area contributed by atoms with E-state index in [0.717, 1.165) is 49.5 Å². The maximum Gasteiger partial charge on any atom is 0.289 e. The first-order chi connectivity index (χ1) is 22.3. The topological polar surface area (TPSA) is 156 Å². The van der Waals surface area contributed by atoms with Crippen LogP contribution in [0.1, 0.15) is 73.9 Å². The van der Waals surface area contributed by atoms with Crippen LogP contribution >= 0.6 is 0 Å². The number of ketones is 1. The highest BCUT2D eigenvalue weighted by atomic mass is 16.5. The summed E-state index contributed by atoms with van der Waals surface area (Å²) in [7, 11) is 1.56. The van der Waals surface area contributed by atoms with Crippen LogP contribution in [-0.4, -0.2) is 55.2 Å². The molecule has 2 aliphatic rings. The van der Waals surface area contributed by atoms with Gasteiger partial charge in [0.1, 0.15) is 17.4 Å². The molecule has 0 unspecified atom stereocenters. The summed E-state index contributed by atoms with van der Waals surface area (Å²) in [5, 5.41) is 11.8. The lowest BCUT2D eigenvalue weighted by Gasteiger charge is -2.29. The largest absolute Gasteiger partial charge is 0.497 e. The molecule has 3 aromatic rings. The van der Waals surface area contributed by atoms with Crippen molar-refractivity contribution in [2.24, 2.45) is 11.8 Å². The molecule has 1 saturated carbocycles. The van der Waals surface area contributed by atoms with E-state index in [1.807, 2.05) is 18.2 Å². The number of para-hydroxylation sites is 1. The van der Waals surface area contributed by atoms with Crippen molar-refractivity contribution in [1.29, 1.82) is 0 Å². The Labute approximate surface area is 268 Å². The molecule has 4 N–H and O–H groups in total. The van der Waals surface area contributed by atoms with Crippen LogP contribution in [0.15, 0.2) is 59.0 Å². The average molecular weight is 631 g/mol. The summed E-state index contributed by atoms with van der Waals surface area (Å²) in [6.07, 6.45) is 6.70. The number of methoxy groups -OCH3 is 1. The van der Waals surface area contributed by atoms with E-state index < -0.39 is 41.5 Å². The zero-order valence-corrected chi connectivity index (χ0v) is 26.1. The normalized spacial score (nSPS) is 18.2. The van der Waals surface area contributed by atoms with E-state index in [9.17, 15) is 24.0 Å². The predicted molar refractivity (Wildman–Crippen MR) is 171 cm³/mol. The molecule has 11 nitrogen and oxygen atoms in total. The molecule has 1 aromatic heterocycles. The first-order valence-electron chi connectivity index (χ1n) is 16.1. The molecule has 2 heterocycles. The van der Waals surface area contributed by atoms with Gasteiger partial charge in [-0.2, -0.15) is 0 Å². The monoisotopic (exact) mass is 630 g/mol. The van der Waals surface area contributed by atoms with E-state index >= 15 is 0 Å². The molecule has 2 fully saturated rings. The minimum atomic E-state index is -1.26. The first kappa shape index (κ1) is 32.7. The van der Waals surface area contributed by atoms with E-state index in [0.29, 0.717) is 30.7 Å². The zero-order chi connectivity index (χ0) is 32.5. The van der Waals surface area contributed by atoms with Crippen LogP contribution in [0.3, 0.4) is 0 Å². The maximum atomic E-state index is 13.9. The number of furan rings is 1. The molecule has 1 aliphatic heterocycles. The Hall–Kier alpha value is -4.67. The molecule has 0 radical (unpaired) electrons. The quantitative estimate of drug-likeness (QED) is 0.209. The van der Waals surface area contributed by atoms with Crippen molar-refractivity contribution in [1.82, 2.24) is 21.3 Å². The number of hydrogen-bond donors (Lipinski definition) is 4. The van der Waals surface area contributed by atoms with Gasteiger partial charge in [-0.05, 0) is 61.4 Å². The SMILES string of the molecule is COc1ccc(CNC(=O)C(=O)[C@H](C[C@@H]2CCCNC2=O)NC(=O)[C@H](CC2CCCCC2)NC(=O)c2cc3ccccc3o2)cc1. The summed E-state index contributed by atoms with van der Waals surface area (Å²) in [6.45, 7) is 0.636. The number of nitrogens with one attached hydrogen (secondary N) is 4. The van der Waals surface area contributed by atoms with Crippen LogP contribution < -0.4 is 26.0 Å². The fourth-order valence-electron chi connectivity index (χ4n) is 6.33. The summed E-state index contributed by atoms with van der Waals surface area (Å²) in [6, 6.07) is 13.7. The van der Waals surface area contributed by atoms with Crippen molar-refractivity contribution in [2.75, 3.05) is 13.7 Å². The van der Waals surface area contributed by atoms with Gasteiger partial charge >= 0.3 is 0 Å². The molecule has 0 spiro atoms. The van der Waals surface area contributed by atoms with Crippen molar-refractivity contribution < 1.29 is 33.1 Å². The van der Waals surface area contributed by atoms with Crippen molar-refractivity contribution in [3.05, 3.63) is 65.9 Å². The van der Waals surface area contributed by atoms with Gasteiger partial charge in [0.25, 0.3) is 11.8 Å². The molecule has 2 aromatic carbocycles. The average Bonchev–Trinajstić information content (AvgIpc) is 3.52. The van der Waals surface area contributed by atoms with Gasteiger partial charge in [-0.3, -0.25) is 24.0 Å². The fourth-order valence-corrected chi connectivity index (χ4v) is 6.33. The molecule has 0 bridgehead atoms. The Morgan fingerprint density at radius 1 is 0.913 bits per heavy atom. The molecule has 5 rings (SSSR count). The maximum absolute atomic E-state index is 13.9. The third kappa shape index (κ3) is 8.52. The van der Waals surface area contributed by atoms with Gasteiger partial charge in [0.15, 0.2) is 5.76 Å². The zero-order valence-electron chi connectivity index (χ0n) is 26.1. The van der Waals surface area contributed by atoms with Crippen LogP contribution in [0.2, 0.25) is 0 Å². The summed E-state index contributed by atoms with van der Waals surface area (Å²) < 4.78 is 10.9. The fraction of sp³-hybridized carbons (Fsp3) is 0.457. The second-order valence-corrected chi connectivity index (χ2v) is 12.2. The third-order valence-electron chi connectivity index (χ3n) is 8.95. The summed E-state index contributed by atoms with van der Waals surface area (Å²) in [5.41, 5.74) is 1.31. The van der Waals surface area contributed by atoms with E-state index in [4.69, 9.17) is 9.15 Å². The minimum Gasteiger partial charge on any atom is -0.497 e. The lowest BCUT2D eigenvalue weighted by molar-refractivity contribution is -0.141. The number of carbonyl (C=O) groups is 5. The predicted octanol–water partition coefficient (Wildman–Crippen LogP) is 3.80. The number of Topliss-reactive ketones (excluding diaryl/α,β-unsaturated/α-hetero) is 1. The number of hydrogen-bond acceptors (Lipinski definition) is 7. The van der Waals surface area contributed by atoms with Gasteiger partial charge in [-0.25, -0.2) is 0 Å². The van der Waals surface area contributed by atoms with Gasteiger partial charge in [-0.1, -0.05) is 62.4 Å². The molecule has 46 heavy (non-hydrogen) atoms. The highest BCUT2D eigenvalue weighted by Gasteiger charge is 2.36. The second-order valence-electron chi connectivity index (χ2n) is 12.2. The number of rotatable bonds is 13. The molecular formula is C35H42N4O7. The lowest BCUT2D eigenvalue weighted by Crippen LogP contribution is -2.55. The van der Waals surface area contributed by atoms with Crippen molar-refractivity contribution in [2.45, 2.75) is 76.4 Å². The van der Waals surface area contributed by atoms with Gasteiger partial charge < -0.3 is 30.4 Å². The smallest absolute Gasteiger partial charge is 0.289 e. The summed E-state index contributed by atoms with van der Waals surface area (Å²) in [5.74, 6) is -2.64. The minimum absolute atomic E-state index is 0.0277. The van der Waals surface area contributed by atoms with Crippen LogP contribution in [0.4, 0.5) is 0 Å². The molecule has 4 amide bonds. The van der Waals surface area contributed by atoms with Crippen LogP contribution in [0.5, 0.6) is 5.75 Å². The van der Waals surface area contributed by atoms with Gasteiger partial charge in [0.2, 0.25) is 17.6 Å². The number of ether oxygens (including phenoxy) is 1. The van der Waals surface area contributed by atoms with Crippen molar-refractivity contribution in [3.63, 3.8) is 0 Å². The number of fused-ring (bicyclic) bond motifs is 1. The summed E-state index contributed by atoms with van der Waals surface area (Å²) >= 11 is 0. The number of amides is 4. The van der Waals surface area contributed by atoms with E-state index in [2.05, 4.69) is 21.3 Å². The first-order valence-corrected chi connectivity index (χ1v) is 16.1. The Balaban J connectivity index is 1.32. The van der Waals surface area contributed by atoms with Crippen LogP contribution in [0, 0.1) is 11.8 Å². The van der Waals surface area contributed by atoms with E-state index in [1.54, 1.807) is 43.5 Å². The number of piperidine rings is 1. The second kappa shape index (κ2) is 15.6. The highest BCUT2D eigenvalue weighted by Crippen LogP contribution is 2.28.